The van der Waals surface area contributed by atoms with Gasteiger partial charge in [-0.15, -0.1) is 0 Å². The summed E-state index contributed by atoms with van der Waals surface area (Å²) >= 11 is 0. The third-order valence-electron chi connectivity index (χ3n) is 4.22. The van der Waals surface area contributed by atoms with E-state index < -0.39 is 6.10 Å². The van der Waals surface area contributed by atoms with Crippen LogP contribution in [0.1, 0.15) is 20.3 Å². The van der Waals surface area contributed by atoms with Gasteiger partial charge in [0.2, 0.25) is 5.95 Å². The van der Waals surface area contributed by atoms with Crippen LogP contribution < -0.4 is 10.9 Å². The molecule has 0 saturated heterocycles. The van der Waals surface area contributed by atoms with Crippen LogP contribution in [-0.4, -0.2) is 37.5 Å². The fraction of sp³-hybridized carbons (Fsp3) is 0.353. The third-order valence-corrected chi connectivity index (χ3v) is 4.22. The molecule has 0 radical (unpaired) electrons. The van der Waals surface area contributed by atoms with Gasteiger partial charge in [0.1, 0.15) is 5.39 Å². The van der Waals surface area contributed by atoms with Gasteiger partial charge in [0.05, 0.1) is 18.0 Å². The fourth-order valence-corrected chi connectivity index (χ4v) is 2.43. The Morgan fingerprint density at radius 2 is 2.08 bits per heavy atom. The van der Waals surface area contributed by atoms with Crippen LogP contribution >= 0.6 is 0 Å². The average Bonchev–Trinajstić information content (AvgIpc) is 3.04. The standard InChI is InChI=1S/C17H21N5O2/c1-3-11(2)14(23)10-18-17-20-15-13(16(24)21-17)9-19-22(15)12-7-5-4-6-8-12/h4-9,11,14,23H,3,10H2,1-2H3,(H2,18,20,21,24). The number of para-hydroxylation sites is 1. The maximum Gasteiger partial charge on any atom is 0.263 e. The maximum atomic E-state index is 12.2. The Morgan fingerprint density at radius 1 is 1.33 bits per heavy atom. The predicted octanol–water partition coefficient (Wildman–Crippen LogP) is 1.93. The molecule has 0 spiro atoms. The van der Waals surface area contributed by atoms with E-state index in [1.54, 1.807) is 4.68 Å². The molecule has 3 aromatic rings. The number of aliphatic hydroxyl groups is 1. The summed E-state index contributed by atoms with van der Waals surface area (Å²) in [4.78, 5) is 19.4. The van der Waals surface area contributed by atoms with E-state index in [1.807, 2.05) is 44.2 Å². The van der Waals surface area contributed by atoms with Crippen LogP contribution in [0.4, 0.5) is 5.95 Å². The summed E-state index contributed by atoms with van der Waals surface area (Å²) in [7, 11) is 0. The molecule has 3 N–H and O–H groups in total. The van der Waals surface area contributed by atoms with E-state index in [4.69, 9.17) is 0 Å². The molecule has 0 amide bonds. The molecule has 0 fully saturated rings. The van der Waals surface area contributed by atoms with Crippen LogP contribution in [0.25, 0.3) is 16.7 Å². The lowest BCUT2D eigenvalue weighted by atomic mass is 10.0. The second kappa shape index (κ2) is 6.84. The summed E-state index contributed by atoms with van der Waals surface area (Å²) in [5.74, 6) is 0.496. The molecule has 0 aliphatic rings. The molecule has 126 valence electrons. The number of benzene rings is 1. The Bertz CT molecular complexity index is 872. The van der Waals surface area contributed by atoms with Crippen molar-refractivity contribution in [1.82, 2.24) is 19.7 Å². The highest BCUT2D eigenvalue weighted by atomic mass is 16.3. The van der Waals surface area contributed by atoms with Gasteiger partial charge < -0.3 is 10.4 Å². The molecule has 0 bridgehead atoms. The second-order valence-electron chi connectivity index (χ2n) is 5.88. The predicted molar refractivity (Wildman–Crippen MR) is 93.4 cm³/mol. The lowest BCUT2D eigenvalue weighted by Crippen LogP contribution is -2.27. The number of anilines is 1. The summed E-state index contributed by atoms with van der Waals surface area (Å²) in [5.41, 5.74) is 1.05. The van der Waals surface area contributed by atoms with Gasteiger partial charge in [-0.1, -0.05) is 38.5 Å². The van der Waals surface area contributed by atoms with E-state index in [2.05, 4.69) is 20.4 Å². The normalized spacial score (nSPS) is 13.8. The van der Waals surface area contributed by atoms with E-state index >= 15 is 0 Å². The molecule has 2 aromatic heterocycles. The first-order valence-corrected chi connectivity index (χ1v) is 8.05. The summed E-state index contributed by atoms with van der Waals surface area (Å²) in [6.07, 6.45) is 1.88. The molecule has 0 aliphatic heterocycles. The van der Waals surface area contributed by atoms with Crippen molar-refractivity contribution in [3.63, 3.8) is 0 Å². The van der Waals surface area contributed by atoms with Crippen molar-refractivity contribution in [3.05, 3.63) is 46.9 Å². The van der Waals surface area contributed by atoms with Crippen molar-refractivity contribution in [2.75, 3.05) is 11.9 Å². The Balaban J connectivity index is 1.92. The number of fused-ring (bicyclic) bond motifs is 1. The topological polar surface area (TPSA) is 95.8 Å². The van der Waals surface area contributed by atoms with Gasteiger partial charge in [0.15, 0.2) is 5.65 Å². The van der Waals surface area contributed by atoms with E-state index in [9.17, 15) is 9.90 Å². The highest BCUT2D eigenvalue weighted by molar-refractivity contribution is 5.76. The summed E-state index contributed by atoms with van der Waals surface area (Å²) < 4.78 is 1.63. The zero-order valence-corrected chi connectivity index (χ0v) is 13.7. The van der Waals surface area contributed by atoms with Gasteiger partial charge in [-0.2, -0.15) is 10.1 Å². The summed E-state index contributed by atoms with van der Waals surface area (Å²) in [5, 5.41) is 17.7. The molecular formula is C17H21N5O2. The zero-order chi connectivity index (χ0) is 17.1. The van der Waals surface area contributed by atoms with E-state index in [0.29, 0.717) is 23.5 Å². The van der Waals surface area contributed by atoms with Crippen molar-refractivity contribution in [3.8, 4) is 5.69 Å². The van der Waals surface area contributed by atoms with E-state index in [-0.39, 0.29) is 11.5 Å². The van der Waals surface area contributed by atoms with Crippen LogP contribution in [0.15, 0.2) is 41.3 Å². The van der Waals surface area contributed by atoms with Crippen molar-refractivity contribution in [2.45, 2.75) is 26.4 Å². The number of aliphatic hydroxyl groups excluding tert-OH is 1. The fourth-order valence-electron chi connectivity index (χ4n) is 2.43. The Hall–Kier alpha value is -2.67. The third kappa shape index (κ3) is 3.16. The molecule has 7 nitrogen and oxygen atoms in total. The highest BCUT2D eigenvalue weighted by Gasteiger charge is 2.14. The van der Waals surface area contributed by atoms with Crippen LogP contribution in [0.3, 0.4) is 0 Å². The van der Waals surface area contributed by atoms with Gasteiger partial charge in [-0.05, 0) is 18.1 Å². The Kier molecular flexibility index (Phi) is 4.61. The average molecular weight is 327 g/mol. The summed E-state index contributed by atoms with van der Waals surface area (Å²) in [6, 6.07) is 9.51. The van der Waals surface area contributed by atoms with Gasteiger partial charge in [0, 0.05) is 6.54 Å². The minimum Gasteiger partial charge on any atom is -0.391 e. The number of nitrogens with zero attached hydrogens (tertiary/aromatic N) is 3. The quantitative estimate of drug-likeness (QED) is 0.643. The van der Waals surface area contributed by atoms with Crippen LogP contribution in [0.5, 0.6) is 0 Å². The lowest BCUT2D eigenvalue weighted by Gasteiger charge is -2.17. The molecule has 3 rings (SSSR count). The van der Waals surface area contributed by atoms with Crippen LogP contribution in [-0.2, 0) is 0 Å². The maximum absolute atomic E-state index is 12.2. The minimum absolute atomic E-state index is 0.169. The molecule has 0 saturated carbocycles. The highest BCUT2D eigenvalue weighted by Crippen LogP contribution is 2.15. The van der Waals surface area contributed by atoms with Crippen molar-refractivity contribution < 1.29 is 5.11 Å². The van der Waals surface area contributed by atoms with Crippen molar-refractivity contribution >= 4 is 17.0 Å². The van der Waals surface area contributed by atoms with Gasteiger partial charge in [-0.3, -0.25) is 9.78 Å². The largest absolute Gasteiger partial charge is 0.391 e. The second-order valence-corrected chi connectivity index (χ2v) is 5.88. The SMILES string of the molecule is CCC(C)C(O)CNc1nc2c(cnn2-c2ccccc2)c(=O)[nH]1. The van der Waals surface area contributed by atoms with Crippen LogP contribution in [0.2, 0.25) is 0 Å². The van der Waals surface area contributed by atoms with Gasteiger partial charge in [0.25, 0.3) is 5.56 Å². The number of rotatable bonds is 6. The number of hydrogen-bond donors (Lipinski definition) is 3. The number of nitrogens with one attached hydrogen (secondary N) is 2. The monoisotopic (exact) mass is 327 g/mol. The van der Waals surface area contributed by atoms with E-state index in [0.717, 1.165) is 12.1 Å². The molecular weight excluding hydrogens is 306 g/mol. The zero-order valence-electron chi connectivity index (χ0n) is 13.7. The molecule has 1 aromatic carbocycles. The molecule has 0 aliphatic carbocycles. The molecule has 2 atom stereocenters. The number of H-pyrrole nitrogens is 1. The van der Waals surface area contributed by atoms with E-state index in [1.165, 1.54) is 6.20 Å². The van der Waals surface area contributed by atoms with Crippen molar-refractivity contribution in [1.29, 1.82) is 0 Å². The summed E-state index contributed by atoms with van der Waals surface area (Å²) in [6.45, 7) is 4.33. The minimum atomic E-state index is -0.505. The number of aromatic nitrogens is 4. The van der Waals surface area contributed by atoms with Crippen molar-refractivity contribution in [2.24, 2.45) is 5.92 Å². The number of aromatic amines is 1. The van der Waals surface area contributed by atoms with Gasteiger partial charge in [-0.25, -0.2) is 4.68 Å². The molecule has 24 heavy (non-hydrogen) atoms. The molecule has 2 unspecified atom stereocenters. The Morgan fingerprint density at radius 3 is 2.79 bits per heavy atom. The smallest absolute Gasteiger partial charge is 0.263 e. The molecule has 7 heteroatoms. The Labute approximate surface area is 139 Å². The first-order valence-electron chi connectivity index (χ1n) is 8.05. The van der Waals surface area contributed by atoms with Gasteiger partial charge >= 0.3 is 0 Å². The molecule has 2 heterocycles. The first kappa shape index (κ1) is 16.2. The van der Waals surface area contributed by atoms with Crippen LogP contribution in [0, 0.1) is 5.92 Å². The lowest BCUT2D eigenvalue weighted by molar-refractivity contribution is 0.126. The first-order chi connectivity index (χ1) is 11.6. The number of hydrogen-bond acceptors (Lipinski definition) is 5.